The molecule has 13 heteroatoms. The van der Waals surface area contributed by atoms with Crippen molar-refractivity contribution in [3.63, 3.8) is 0 Å². The lowest BCUT2D eigenvalue weighted by Gasteiger charge is -2.71. The van der Waals surface area contributed by atoms with Crippen molar-refractivity contribution in [2.75, 3.05) is 71.5 Å². The number of carbonyl (C=O) groups excluding carboxylic acids is 2. The van der Waals surface area contributed by atoms with E-state index in [1.807, 2.05) is 30.3 Å². The first-order valence-corrected chi connectivity index (χ1v) is 32.3. The molecule has 2 saturated heterocycles. The van der Waals surface area contributed by atoms with E-state index in [4.69, 9.17) is 4.74 Å². The number of esters is 1. The molecule has 2 aliphatic heterocycles. The number of likely N-dealkylation sites (tertiary alicyclic amines) is 2. The first kappa shape index (κ1) is 55.1. The van der Waals surface area contributed by atoms with Crippen LogP contribution >= 0.6 is 0 Å². The second-order valence-electron chi connectivity index (χ2n) is 26.8. The molecule has 1 aromatic carbocycles. The maximum Gasteiger partial charge on any atom is 0.315 e. The molecule has 0 radical (unpaired) electrons. The van der Waals surface area contributed by atoms with E-state index >= 15 is 0 Å². The van der Waals surface area contributed by atoms with Crippen LogP contribution in [0.2, 0.25) is 0 Å². The molecule has 6 aliphatic carbocycles. The summed E-state index contributed by atoms with van der Waals surface area (Å²) in [4.78, 5) is 30.4. The molecule has 1 N–H and O–H groups in total. The van der Waals surface area contributed by atoms with Crippen LogP contribution in [0.4, 0.5) is 4.39 Å². The monoisotopic (exact) mass is 1050 g/mol. The van der Waals surface area contributed by atoms with Gasteiger partial charge in [-0.3, -0.25) is 14.5 Å². The Kier molecular flexibility index (Phi) is 15.0. The minimum atomic E-state index is -3.14. The zero-order chi connectivity index (χ0) is 52.6. The predicted octanol–water partition coefficient (Wildman–Crippen LogP) is 10.2. The summed E-state index contributed by atoms with van der Waals surface area (Å²) in [5.41, 5.74) is 4.67. The maximum atomic E-state index is 14.9. The largest absolute Gasteiger partial charge is 0.460 e. The zero-order valence-corrected chi connectivity index (χ0v) is 47.8. The van der Waals surface area contributed by atoms with Gasteiger partial charge in [-0.05, 0) is 163 Å². The maximum absolute atomic E-state index is 14.9. The summed E-state index contributed by atoms with van der Waals surface area (Å²) in [6.07, 6.45) is 19.6. The Bertz CT molecular complexity index is 2600. The second kappa shape index (κ2) is 19.9. The van der Waals surface area contributed by atoms with Crippen molar-refractivity contribution in [3.8, 4) is 0 Å². The molecule has 3 saturated carbocycles. The van der Waals surface area contributed by atoms with Gasteiger partial charge in [-0.2, -0.15) is 0 Å². The third-order valence-corrected chi connectivity index (χ3v) is 25.8. The second-order valence-corrected chi connectivity index (χ2v) is 31.4. The number of carbonyl (C=O) groups is 2. The smallest absolute Gasteiger partial charge is 0.315 e. The average molecular weight is 1050 g/mol. The van der Waals surface area contributed by atoms with E-state index in [9.17, 15) is 30.8 Å². The van der Waals surface area contributed by atoms with Crippen LogP contribution in [0.25, 0.3) is 0 Å². The van der Waals surface area contributed by atoms with Crippen LogP contribution in [0.1, 0.15) is 150 Å². The highest BCUT2D eigenvalue weighted by molar-refractivity contribution is 7.91. The van der Waals surface area contributed by atoms with Crippen molar-refractivity contribution in [2.45, 2.75) is 167 Å². The number of benzene rings is 1. The Balaban J connectivity index is 0.920. The number of nitrogens with one attached hydrogen (secondary N) is 1. The molecule has 0 amide bonds. The van der Waals surface area contributed by atoms with Gasteiger partial charge in [0.2, 0.25) is 0 Å². The van der Waals surface area contributed by atoms with E-state index in [1.54, 1.807) is 0 Å². The lowest BCUT2D eigenvalue weighted by Crippen LogP contribution is -2.66. The molecule has 9 rings (SSSR count). The standard InChI is InChI=1S/C60H91FN3O7S2/c1-42(2)52-49(65)39-60(62-31-37-64(35-23-46(24-36-64)73(9,69)70)38-34-63-32-21-45(22-33-63)72(8,67)68)30-29-57(6)48(53(52)60)15-16-51-56(5)25-19-47(55(3,4)50(56)20-26-58(51,57)7)44-17-27-59(41-61,28-18-44)54(66)71-40-43-13-11-10-12-14-43/h10-14,17,19,42,45-46,48,50-51,62H,15-16,18,20-41H2,1-9H3/q+1/t46?,48-,50+,51-,56+,57-,58-,59+,60-,64?/m1/s1. The number of ketones is 1. The van der Waals surface area contributed by atoms with Crippen LogP contribution in [0.5, 0.6) is 0 Å². The Labute approximate surface area is 439 Å². The number of quaternary nitrogens is 1. The number of hydrogen-bond donors (Lipinski definition) is 1. The van der Waals surface area contributed by atoms with Crippen LogP contribution in [0.3, 0.4) is 0 Å². The minimum absolute atomic E-state index is 0.0197. The molecule has 2 heterocycles. The van der Waals surface area contributed by atoms with Gasteiger partial charge in [0.25, 0.3) is 0 Å². The Morgan fingerprint density at radius 3 is 2.10 bits per heavy atom. The average Bonchev–Trinajstić information content (AvgIpc) is 3.64. The van der Waals surface area contributed by atoms with Crippen molar-refractivity contribution in [1.82, 2.24) is 10.2 Å². The van der Waals surface area contributed by atoms with E-state index in [0.717, 1.165) is 113 Å². The van der Waals surface area contributed by atoms with Gasteiger partial charge in [0.15, 0.2) is 15.6 Å². The number of piperidine rings is 2. The highest BCUT2D eigenvalue weighted by atomic mass is 32.2. The number of Topliss-reactive ketones (excluding diaryl/α,β-unsaturated/α-hetero) is 1. The van der Waals surface area contributed by atoms with Crippen molar-refractivity contribution in [1.29, 1.82) is 0 Å². The van der Waals surface area contributed by atoms with E-state index in [2.05, 4.69) is 70.8 Å². The van der Waals surface area contributed by atoms with Crippen molar-refractivity contribution in [3.05, 3.63) is 70.3 Å². The number of ether oxygens (including phenoxy) is 1. The van der Waals surface area contributed by atoms with Gasteiger partial charge >= 0.3 is 5.97 Å². The van der Waals surface area contributed by atoms with Gasteiger partial charge in [-0.15, -0.1) is 0 Å². The number of sulfone groups is 2. The number of alkyl halides is 1. The summed E-state index contributed by atoms with van der Waals surface area (Å²) in [6.45, 7) is 23.2. The van der Waals surface area contributed by atoms with Crippen molar-refractivity contribution < 1.29 is 40.0 Å². The Morgan fingerprint density at radius 1 is 0.808 bits per heavy atom. The zero-order valence-electron chi connectivity index (χ0n) is 46.1. The molecule has 0 unspecified atom stereocenters. The highest BCUT2D eigenvalue weighted by Gasteiger charge is 2.69. The summed E-state index contributed by atoms with van der Waals surface area (Å²) in [6, 6.07) is 9.61. The third-order valence-electron chi connectivity index (χ3n) is 22.4. The van der Waals surface area contributed by atoms with Crippen LogP contribution in [0, 0.1) is 50.7 Å². The number of halogens is 1. The normalized spacial score (nSPS) is 38.2. The molecule has 10 nitrogen and oxygen atoms in total. The fourth-order valence-corrected chi connectivity index (χ4v) is 20.0. The fraction of sp³-hybridized carbons (Fsp3) is 0.767. The number of hydrogen-bond acceptors (Lipinski definition) is 9. The Hall–Kier alpha value is -2.71. The van der Waals surface area contributed by atoms with Crippen LogP contribution in [-0.4, -0.2) is 126 Å². The summed E-state index contributed by atoms with van der Waals surface area (Å²) in [5, 5.41) is 3.62. The fourth-order valence-electron chi connectivity index (χ4n) is 17.9. The summed E-state index contributed by atoms with van der Waals surface area (Å²) in [5.74, 6) is 1.33. The van der Waals surface area contributed by atoms with Crippen LogP contribution < -0.4 is 5.32 Å². The molecule has 0 aromatic heterocycles. The molecule has 406 valence electrons. The van der Waals surface area contributed by atoms with Gasteiger partial charge in [0.05, 0.1) is 42.1 Å². The van der Waals surface area contributed by atoms with Crippen molar-refractivity contribution in [2.24, 2.45) is 50.7 Å². The SMILES string of the molecule is CC(C)C1=C2[C@H]3CC[C@@H]4[C@@]5(C)CC=C(C6=CC[C@](CF)(C(=O)OCc7ccccc7)CC6)C(C)(C)[C@@H]5CC[C@@]4(C)[C@]3(C)CC[C@@]2(NCC[N+]2(CCN3CCC(S(C)(=O)=O)CC3)CCC(S(C)(=O)=O)CC2)CC1=O. The minimum Gasteiger partial charge on any atom is -0.460 e. The molecule has 8 atom stereocenters. The third kappa shape index (κ3) is 9.76. The van der Waals surface area contributed by atoms with E-state index < -0.39 is 37.7 Å². The molecular weight excluding hydrogens is 958 g/mol. The summed E-state index contributed by atoms with van der Waals surface area (Å²) < 4.78 is 71.7. The predicted molar refractivity (Wildman–Crippen MR) is 290 cm³/mol. The molecule has 0 bridgehead atoms. The summed E-state index contributed by atoms with van der Waals surface area (Å²) >= 11 is 0. The van der Waals surface area contributed by atoms with Crippen LogP contribution in [-0.2, 0) is 40.6 Å². The lowest BCUT2D eigenvalue weighted by atomic mass is 9.33. The number of rotatable bonds is 15. The summed E-state index contributed by atoms with van der Waals surface area (Å²) in [7, 11) is -6.19. The molecule has 0 spiro atoms. The topological polar surface area (TPSA) is 127 Å². The molecule has 73 heavy (non-hydrogen) atoms. The quantitative estimate of drug-likeness (QED) is 0.135. The van der Waals surface area contributed by atoms with E-state index in [-0.39, 0.29) is 50.2 Å². The highest BCUT2D eigenvalue weighted by Crippen LogP contribution is 2.76. The lowest BCUT2D eigenvalue weighted by molar-refractivity contribution is -0.930. The van der Waals surface area contributed by atoms with Gasteiger partial charge in [0, 0.05) is 50.4 Å². The van der Waals surface area contributed by atoms with Gasteiger partial charge < -0.3 is 14.5 Å². The molecule has 5 fully saturated rings. The number of nitrogens with zero attached hydrogens (tertiary/aromatic N) is 2. The molecule has 1 aromatic rings. The van der Waals surface area contributed by atoms with E-state index in [0.29, 0.717) is 74.9 Å². The van der Waals surface area contributed by atoms with Crippen molar-refractivity contribution >= 4 is 31.4 Å². The Morgan fingerprint density at radius 2 is 1.48 bits per heavy atom. The van der Waals surface area contributed by atoms with Gasteiger partial charge in [-0.25, -0.2) is 21.2 Å². The van der Waals surface area contributed by atoms with E-state index in [1.165, 1.54) is 29.2 Å². The van der Waals surface area contributed by atoms with Gasteiger partial charge in [0.1, 0.15) is 23.1 Å². The number of fused-ring (bicyclic) bond motifs is 7. The van der Waals surface area contributed by atoms with Crippen LogP contribution in [0.15, 0.2) is 64.8 Å². The molecular formula is C60H91FN3O7S2+. The first-order valence-electron chi connectivity index (χ1n) is 28.4. The number of allylic oxidation sites excluding steroid dienone is 5. The molecule has 8 aliphatic rings. The first-order chi connectivity index (χ1) is 34.3. The van der Waals surface area contributed by atoms with Gasteiger partial charge in [-0.1, -0.05) is 91.0 Å².